The van der Waals surface area contributed by atoms with Crippen LogP contribution < -0.4 is 9.64 Å². The van der Waals surface area contributed by atoms with Crippen molar-refractivity contribution in [3.05, 3.63) is 54.7 Å². The fourth-order valence-electron chi connectivity index (χ4n) is 2.39. The highest BCUT2D eigenvalue weighted by Gasteiger charge is 2.18. The highest BCUT2D eigenvalue weighted by Crippen LogP contribution is 2.39. The number of hydrogen-bond donors (Lipinski definition) is 1. The smallest absolute Gasteiger partial charge is 0.218 e. The van der Waals surface area contributed by atoms with E-state index >= 15 is 0 Å². The Hall–Kier alpha value is -3.08. The zero-order valence-corrected chi connectivity index (χ0v) is 11.9. The van der Waals surface area contributed by atoms with Gasteiger partial charge in [0.2, 0.25) is 6.41 Å². The molecule has 0 aliphatic rings. The van der Waals surface area contributed by atoms with E-state index in [0.29, 0.717) is 29.1 Å². The Morgan fingerprint density at radius 2 is 1.91 bits per heavy atom. The fourth-order valence-corrected chi connectivity index (χ4v) is 2.39. The van der Waals surface area contributed by atoms with Crippen molar-refractivity contribution in [2.45, 2.75) is 0 Å². The summed E-state index contributed by atoms with van der Waals surface area (Å²) >= 11 is 0. The molecule has 2 aromatic carbocycles. The van der Waals surface area contributed by atoms with Gasteiger partial charge in [0.25, 0.3) is 0 Å². The van der Waals surface area contributed by atoms with Crippen LogP contribution >= 0.6 is 0 Å². The molecule has 0 aliphatic carbocycles. The van der Waals surface area contributed by atoms with Gasteiger partial charge in [-0.25, -0.2) is 0 Å². The van der Waals surface area contributed by atoms with E-state index in [1.54, 1.807) is 36.5 Å². The van der Waals surface area contributed by atoms with Gasteiger partial charge in [-0.2, -0.15) is 0 Å². The first-order chi connectivity index (χ1) is 10.8. The minimum atomic E-state index is -0.0453. The minimum Gasteiger partial charge on any atom is -0.504 e. The standard InChI is InChI=1S/C17H14N2O3/c1-22-15-7-3-2-6-13(15)19(11-20)14-9-8-12-5-4-10-18-16(12)17(14)21/h2-11,21H,1H3. The normalized spacial score (nSPS) is 10.4. The number of aromatic hydroxyl groups is 1. The van der Waals surface area contributed by atoms with E-state index in [1.807, 2.05) is 18.2 Å². The zero-order chi connectivity index (χ0) is 15.5. The molecule has 0 radical (unpaired) electrons. The first kappa shape index (κ1) is 13.9. The maximum atomic E-state index is 11.6. The molecule has 110 valence electrons. The lowest BCUT2D eigenvalue weighted by Gasteiger charge is -2.21. The number of carbonyl (C=O) groups excluding carboxylic acids is 1. The number of nitrogens with zero attached hydrogens (tertiary/aromatic N) is 2. The Bertz CT molecular complexity index is 833. The van der Waals surface area contributed by atoms with Crippen LogP contribution in [0.2, 0.25) is 0 Å². The third-order valence-corrected chi connectivity index (χ3v) is 3.44. The van der Waals surface area contributed by atoms with Crippen molar-refractivity contribution < 1.29 is 14.6 Å². The maximum Gasteiger partial charge on any atom is 0.218 e. The third kappa shape index (κ3) is 2.22. The average Bonchev–Trinajstić information content (AvgIpc) is 2.58. The number of rotatable bonds is 4. The highest BCUT2D eigenvalue weighted by molar-refractivity contribution is 5.98. The van der Waals surface area contributed by atoms with Crippen molar-refractivity contribution in [3.8, 4) is 11.5 Å². The van der Waals surface area contributed by atoms with Crippen LogP contribution in [0.25, 0.3) is 10.9 Å². The second-order valence-electron chi connectivity index (χ2n) is 4.66. The Morgan fingerprint density at radius 3 is 2.68 bits per heavy atom. The number of para-hydroxylation sites is 2. The van der Waals surface area contributed by atoms with E-state index in [2.05, 4.69) is 4.98 Å². The lowest BCUT2D eigenvalue weighted by atomic mass is 10.1. The number of benzene rings is 2. The Kier molecular flexibility index (Phi) is 3.62. The number of pyridine rings is 1. The van der Waals surface area contributed by atoms with Crippen LogP contribution in [0.5, 0.6) is 11.5 Å². The molecule has 0 saturated heterocycles. The molecule has 1 N–H and O–H groups in total. The number of ether oxygens (including phenoxy) is 1. The van der Waals surface area contributed by atoms with Gasteiger partial charge in [0.1, 0.15) is 11.3 Å². The largest absolute Gasteiger partial charge is 0.504 e. The number of amides is 1. The van der Waals surface area contributed by atoms with Gasteiger partial charge in [-0.1, -0.05) is 24.3 Å². The molecule has 0 atom stereocenters. The van der Waals surface area contributed by atoms with E-state index in [-0.39, 0.29) is 5.75 Å². The van der Waals surface area contributed by atoms with Crippen molar-refractivity contribution in [2.24, 2.45) is 0 Å². The minimum absolute atomic E-state index is 0.0453. The summed E-state index contributed by atoms with van der Waals surface area (Å²) in [6, 6.07) is 14.2. The van der Waals surface area contributed by atoms with Gasteiger partial charge in [-0.3, -0.25) is 14.7 Å². The van der Waals surface area contributed by atoms with Crippen LogP contribution in [0.1, 0.15) is 0 Å². The summed E-state index contributed by atoms with van der Waals surface area (Å²) in [5.41, 5.74) is 1.35. The van der Waals surface area contributed by atoms with Gasteiger partial charge >= 0.3 is 0 Å². The molecule has 3 rings (SSSR count). The lowest BCUT2D eigenvalue weighted by molar-refractivity contribution is -0.106. The van der Waals surface area contributed by atoms with E-state index in [9.17, 15) is 9.90 Å². The van der Waals surface area contributed by atoms with Gasteiger partial charge < -0.3 is 9.84 Å². The van der Waals surface area contributed by atoms with E-state index in [4.69, 9.17) is 4.74 Å². The van der Waals surface area contributed by atoms with Crippen molar-refractivity contribution >= 4 is 28.7 Å². The Morgan fingerprint density at radius 1 is 1.09 bits per heavy atom. The second kappa shape index (κ2) is 5.73. The fraction of sp³-hybridized carbons (Fsp3) is 0.0588. The number of fused-ring (bicyclic) bond motifs is 1. The van der Waals surface area contributed by atoms with Gasteiger partial charge in [-0.05, 0) is 24.3 Å². The number of anilines is 2. The van der Waals surface area contributed by atoms with Crippen molar-refractivity contribution in [1.82, 2.24) is 4.98 Å². The SMILES string of the molecule is COc1ccccc1N(C=O)c1ccc2cccnc2c1O. The summed E-state index contributed by atoms with van der Waals surface area (Å²) in [5, 5.41) is 11.3. The summed E-state index contributed by atoms with van der Waals surface area (Å²) in [7, 11) is 1.53. The van der Waals surface area contributed by atoms with Crippen LogP contribution in [-0.2, 0) is 4.79 Å². The molecule has 1 amide bonds. The molecular weight excluding hydrogens is 280 g/mol. The van der Waals surface area contributed by atoms with Gasteiger partial charge in [0.15, 0.2) is 5.75 Å². The van der Waals surface area contributed by atoms with E-state index < -0.39 is 0 Å². The lowest BCUT2D eigenvalue weighted by Crippen LogP contribution is -2.15. The molecule has 0 spiro atoms. The summed E-state index contributed by atoms with van der Waals surface area (Å²) in [6.45, 7) is 0. The first-order valence-electron chi connectivity index (χ1n) is 6.70. The molecule has 22 heavy (non-hydrogen) atoms. The Balaban J connectivity index is 2.19. The molecule has 5 heteroatoms. The average molecular weight is 294 g/mol. The molecule has 3 aromatic rings. The maximum absolute atomic E-state index is 11.6. The zero-order valence-electron chi connectivity index (χ0n) is 11.9. The number of phenolic OH excluding ortho intramolecular Hbond substituents is 1. The summed E-state index contributed by atoms with van der Waals surface area (Å²) in [4.78, 5) is 17.1. The van der Waals surface area contributed by atoms with E-state index in [0.717, 1.165) is 5.39 Å². The van der Waals surface area contributed by atoms with Crippen molar-refractivity contribution in [2.75, 3.05) is 12.0 Å². The molecule has 0 unspecified atom stereocenters. The number of aromatic nitrogens is 1. The van der Waals surface area contributed by atoms with Gasteiger partial charge in [0.05, 0.1) is 18.5 Å². The molecule has 0 fully saturated rings. The predicted octanol–water partition coefficient (Wildman–Crippen LogP) is 3.24. The van der Waals surface area contributed by atoms with Crippen LogP contribution in [0.15, 0.2) is 54.7 Å². The topological polar surface area (TPSA) is 62.7 Å². The van der Waals surface area contributed by atoms with Gasteiger partial charge in [0, 0.05) is 11.6 Å². The Labute approximate surface area is 127 Å². The number of carbonyl (C=O) groups is 1. The monoisotopic (exact) mass is 294 g/mol. The number of methoxy groups -OCH3 is 1. The molecule has 5 nitrogen and oxygen atoms in total. The highest BCUT2D eigenvalue weighted by atomic mass is 16.5. The number of hydrogen-bond acceptors (Lipinski definition) is 4. The molecule has 0 aliphatic heterocycles. The number of phenols is 1. The first-order valence-corrected chi connectivity index (χ1v) is 6.70. The molecule has 1 heterocycles. The van der Waals surface area contributed by atoms with Gasteiger partial charge in [-0.15, -0.1) is 0 Å². The van der Waals surface area contributed by atoms with Crippen molar-refractivity contribution in [1.29, 1.82) is 0 Å². The third-order valence-electron chi connectivity index (χ3n) is 3.44. The molecule has 0 bridgehead atoms. The summed E-state index contributed by atoms with van der Waals surface area (Å²) in [6.07, 6.45) is 2.24. The van der Waals surface area contributed by atoms with Crippen LogP contribution in [-0.4, -0.2) is 23.6 Å². The summed E-state index contributed by atoms with van der Waals surface area (Å²) in [5.74, 6) is 0.492. The van der Waals surface area contributed by atoms with Crippen LogP contribution in [0.3, 0.4) is 0 Å². The summed E-state index contributed by atoms with van der Waals surface area (Å²) < 4.78 is 5.28. The molecule has 1 aromatic heterocycles. The molecule has 0 saturated carbocycles. The van der Waals surface area contributed by atoms with Crippen LogP contribution in [0.4, 0.5) is 11.4 Å². The molecular formula is C17H14N2O3. The van der Waals surface area contributed by atoms with E-state index in [1.165, 1.54) is 12.0 Å². The van der Waals surface area contributed by atoms with Crippen LogP contribution in [0, 0.1) is 0 Å². The van der Waals surface area contributed by atoms with Crippen molar-refractivity contribution in [3.63, 3.8) is 0 Å². The quantitative estimate of drug-likeness (QED) is 0.750. The predicted molar refractivity (Wildman–Crippen MR) is 84.6 cm³/mol. The second-order valence-corrected chi connectivity index (χ2v) is 4.66.